The molecule has 1 amide bonds. The monoisotopic (exact) mass is 291 g/mol. The number of amides is 1. The molecule has 2 aliphatic heterocycles. The predicted octanol–water partition coefficient (Wildman–Crippen LogP) is 2.08. The molecule has 0 aromatic carbocycles. The molecule has 1 saturated carbocycles. The van der Waals surface area contributed by atoms with Gasteiger partial charge in [-0.25, -0.2) is 4.79 Å². The van der Waals surface area contributed by atoms with Crippen molar-refractivity contribution in [2.75, 3.05) is 20.2 Å². The van der Waals surface area contributed by atoms with Crippen LogP contribution in [-0.4, -0.2) is 42.8 Å². The molecule has 3 aliphatic rings. The summed E-state index contributed by atoms with van der Waals surface area (Å²) in [6.45, 7) is 6.77. The van der Waals surface area contributed by atoms with Crippen molar-refractivity contribution in [1.82, 2.24) is 4.90 Å². The van der Waals surface area contributed by atoms with E-state index in [2.05, 4.69) is 0 Å². The topological polar surface area (TPSA) is 55.8 Å². The first-order chi connectivity index (χ1) is 8.31. The van der Waals surface area contributed by atoms with Crippen molar-refractivity contribution in [1.29, 1.82) is 0 Å². The van der Waals surface area contributed by atoms with Crippen LogP contribution < -0.4 is 0 Å². The van der Waals surface area contributed by atoms with Gasteiger partial charge in [0.2, 0.25) is 0 Å². The number of methoxy groups -OCH3 is 1. The summed E-state index contributed by atoms with van der Waals surface area (Å²) >= 11 is 0. The van der Waals surface area contributed by atoms with E-state index in [9.17, 15) is 9.59 Å². The minimum absolute atomic E-state index is 0. The Morgan fingerprint density at radius 1 is 1.16 bits per heavy atom. The normalized spacial score (nSPS) is 28.8. The Kier molecular flexibility index (Phi) is 4.72. The highest BCUT2D eigenvalue weighted by Crippen LogP contribution is 2.46. The molecular formula is C13H22ClNO4. The van der Waals surface area contributed by atoms with Gasteiger partial charge in [-0.2, -0.15) is 0 Å². The fourth-order valence-electron chi connectivity index (χ4n) is 2.88. The first-order valence-corrected chi connectivity index (χ1v) is 6.37. The Balaban J connectivity index is 0.00000180. The second kappa shape index (κ2) is 5.57. The lowest BCUT2D eigenvalue weighted by molar-refractivity contribution is -0.162. The summed E-state index contributed by atoms with van der Waals surface area (Å²) in [6, 6.07) is 0. The van der Waals surface area contributed by atoms with Gasteiger partial charge in [-0.3, -0.25) is 4.79 Å². The molecule has 2 bridgehead atoms. The number of carbonyl (C=O) groups is 2. The summed E-state index contributed by atoms with van der Waals surface area (Å²) in [5.41, 5.74) is -0.472. The lowest BCUT2D eigenvalue weighted by Gasteiger charge is -2.51. The van der Waals surface area contributed by atoms with E-state index in [1.165, 1.54) is 7.11 Å². The quantitative estimate of drug-likeness (QED) is 0.694. The molecule has 3 rings (SSSR count). The number of ether oxygens (including phenoxy) is 2. The van der Waals surface area contributed by atoms with Crippen molar-refractivity contribution >= 4 is 24.5 Å². The molecule has 5 nitrogen and oxygen atoms in total. The molecule has 19 heavy (non-hydrogen) atoms. The largest absolute Gasteiger partial charge is 0.469 e. The number of carbonyl (C=O) groups excluding carboxylic acids is 2. The van der Waals surface area contributed by atoms with Gasteiger partial charge in [-0.05, 0) is 39.0 Å². The van der Waals surface area contributed by atoms with Gasteiger partial charge in [0, 0.05) is 13.1 Å². The summed E-state index contributed by atoms with van der Waals surface area (Å²) < 4.78 is 10.1. The molecule has 1 aliphatic carbocycles. The smallest absolute Gasteiger partial charge is 0.410 e. The van der Waals surface area contributed by atoms with Crippen molar-refractivity contribution in [3.8, 4) is 0 Å². The molecule has 3 fully saturated rings. The van der Waals surface area contributed by atoms with Gasteiger partial charge in [0.05, 0.1) is 13.0 Å². The van der Waals surface area contributed by atoms with E-state index in [1.54, 1.807) is 4.90 Å². The predicted molar refractivity (Wildman–Crippen MR) is 72.2 cm³/mol. The third-order valence-electron chi connectivity index (χ3n) is 3.66. The third kappa shape index (κ3) is 3.32. The van der Waals surface area contributed by atoms with E-state index in [1.807, 2.05) is 20.8 Å². The maximum Gasteiger partial charge on any atom is 0.410 e. The summed E-state index contributed by atoms with van der Waals surface area (Å²) in [6.07, 6.45) is 0.736. The summed E-state index contributed by atoms with van der Waals surface area (Å²) in [5.74, 6) is 0.321. The van der Waals surface area contributed by atoms with E-state index < -0.39 is 5.60 Å². The van der Waals surface area contributed by atoms with Crippen LogP contribution >= 0.6 is 12.4 Å². The van der Waals surface area contributed by atoms with E-state index in [-0.39, 0.29) is 42.2 Å². The highest BCUT2D eigenvalue weighted by molar-refractivity contribution is 5.85. The zero-order chi connectivity index (χ0) is 13.5. The van der Waals surface area contributed by atoms with Gasteiger partial charge in [-0.15, -0.1) is 12.4 Å². The van der Waals surface area contributed by atoms with E-state index in [4.69, 9.17) is 9.47 Å². The molecular weight excluding hydrogens is 270 g/mol. The van der Waals surface area contributed by atoms with Crippen LogP contribution in [0.1, 0.15) is 27.2 Å². The van der Waals surface area contributed by atoms with Crippen LogP contribution in [-0.2, 0) is 14.3 Å². The van der Waals surface area contributed by atoms with E-state index >= 15 is 0 Å². The standard InChI is InChI=1S/C13H21NO4.ClH/c1-13(2,3)18-12(16)14-6-8-5-9(7-14)10(8)11(15)17-4;/h8-10H,5-7H2,1-4H3;1H. The van der Waals surface area contributed by atoms with Crippen molar-refractivity contribution in [3.05, 3.63) is 0 Å². The number of piperidine rings is 2. The average molecular weight is 292 g/mol. The molecule has 110 valence electrons. The minimum atomic E-state index is -0.472. The number of rotatable bonds is 1. The molecule has 0 radical (unpaired) electrons. The summed E-state index contributed by atoms with van der Waals surface area (Å²) in [5, 5.41) is 0. The van der Waals surface area contributed by atoms with Crippen molar-refractivity contribution < 1.29 is 19.1 Å². The van der Waals surface area contributed by atoms with Crippen LogP contribution in [0, 0.1) is 17.8 Å². The number of nitrogens with zero attached hydrogens (tertiary/aromatic N) is 1. The Morgan fingerprint density at radius 3 is 2.11 bits per heavy atom. The number of fused-ring (bicyclic) bond motifs is 2. The average Bonchev–Trinajstić information content (AvgIpc) is 2.26. The number of esters is 1. The summed E-state index contributed by atoms with van der Waals surface area (Å²) in [4.78, 5) is 25.2. The molecule has 2 saturated heterocycles. The lowest BCUT2D eigenvalue weighted by atomic mass is 9.61. The minimum Gasteiger partial charge on any atom is -0.469 e. The second-order valence-corrected chi connectivity index (χ2v) is 6.19. The van der Waals surface area contributed by atoms with Gasteiger partial charge in [0.15, 0.2) is 0 Å². The van der Waals surface area contributed by atoms with Crippen LogP contribution in [0.4, 0.5) is 4.79 Å². The van der Waals surface area contributed by atoms with Crippen LogP contribution in [0.15, 0.2) is 0 Å². The second-order valence-electron chi connectivity index (χ2n) is 6.19. The molecule has 0 aromatic rings. The highest BCUT2D eigenvalue weighted by Gasteiger charge is 2.52. The maximum absolute atomic E-state index is 11.9. The first-order valence-electron chi connectivity index (χ1n) is 6.37. The zero-order valence-corrected chi connectivity index (χ0v) is 12.7. The zero-order valence-electron chi connectivity index (χ0n) is 11.8. The molecule has 2 atom stereocenters. The molecule has 0 N–H and O–H groups in total. The Morgan fingerprint density at radius 2 is 1.68 bits per heavy atom. The van der Waals surface area contributed by atoms with Crippen molar-refractivity contribution in [2.24, 2.45) is 17.8 Å². The maximum atomic E-state index is 11.9. The fraction of sp³-hybridized carbons (Fsp3) is 0.846. The molecule has 6 heteroatoms. The SMILES string of the molecule is COC(=O)C1C2CC1CN(C(=O)OC(C)(C)C)C2.Cl. The number of hydrogen-bond donors (Lipinski definition) is 0. The van der Waals surface area contributed by atoms with E-state index in [0.717, 1.165) is 6.42 Å². The summed E-state index contributed by atoms with van der Waals surface area (Å²) in [7, 11) is 1.42. The van der Waals surface area contributed by atoms with Gasteiger partial charge < -0.3 is 14.4 Å². The van der Waals surface area contributed by atoms with Crippen LogP contribution in [0.5, 0.6) is 0 Å². The van der Waals surface area contributed by atoms with Gasteiger partial charge in [0.25, 0.3) is 0 Å². The van der Waals surface area contributed by atoms with Crippen molar-refractivity contribution in [2.45, 2.75) is 32.8 Å². The third-order valence-corrected chi connectivity index (χ3v) is 3.66. The fourth-order valence-corrected chi connectivity index (χ4v) is 2.88. The highest BCUT2D eigenvalue weighted by atomic mass is 35.5. The molecule has 0 aromatic heterocycles. The van der Waals surface area contributed by atoms with Gasteiger partial charge in [-0.1, -0.05) is 0 Å². The Hall–Kier alpha value is -0.970. The number of hydrogen-bond acceptors (Lipinski definition) is 4. The number of halogens is 1. The molecule has 0 spiro atoms. The Bertz CT molecular complexity index is 354. The first kappa shape index (κ1) is 16.1. The lowest BCUT2D eigenvalue weighted by Crippen LogP contribution is -2.59. The van der Waals surface area contributed by atoms with Gasteiger partial charge in [0.1, 0.15) is 5.60 Å². The van der Waals surface area contributed by atoms with E-state index in [0.29, 0.717) is 13.1 Å². The van der Waals surface area contributed by atoms with Gasteiger partial charge >= 0.3 is 12.1 Å². The van der Waals surface area contributed by atoms with Crippen molar-refractivity contribution in [3.63, 3.8) is 0 Å². The molecule has 2 heterocycles. The van der Waals surface area contributed by atoms with Crippen LogP contribution in [0.3, 0.4) is 0 Å². The Labute approximate surface area is 120 Å². The van der Waals surface area contributed by atoms with Crippen LogP contribution in [0.25, 0.3) is 0 Å². The van der Waals surface area contributed by atoms with Crippen LogP contribution in [0.2, 0.25) is 0 Å². The molecule has 2 unspecified atom stereocenters.